The molecule has 0 aliphatic heterocycles. The van der Waals surface area contributed by atoms with Crippen LogP contribution < -0.4 is 4.90 Å². The zero-order valence-electron chi connectivity index (χ0n) is 29.5. The molecule has 0 N–H and O–H groups in total. The van der Waals surface area contributed by atoms with Crippen molar-refractivity contribution in [1.82, 2.24) is 4.57 Å². The summed E-state index contributed by atoms with van der Waals surface area (Å²) in [6.45, 7) is 0. The molecule has 0 aliphatic rings. The zero-order valence-corrected chi connectivity index (χ0v) is 29.5. The van der Waals surface area contributed by atoms with Crippen LogP contribution in [0, 0.1) is 0 Å². The summed E-state index contributed by atoms with van der Waals surface area (Å²) in [6, 6.07) is 75.4. The van der Waals surface area contributed by atoms with E-state index < -0.39 is 0 Å². The van der Waals surface area contributed by atoms with Crippen LogP contribution in [0.15, 0.2) is 206 Å². The lowest BCUT2D eigenvalue weighted by molar-refractivity contribution is 1.18. The highest BCUT2D eigenvalue weighted by Gasteiger charge is 2.19. The fourth-order valence-corrected chi connectivity index (χ4v) is 8.52. The van der Waals surface area contributed by atoms with Gasteiger partial charge < -0.3 is 9.47 Å². The molecule has 54 heavy (non-hydrogen) atoms. The maximum Gasteiger partial charge on any atom is 0.0547 e. The van der Waals surface area contributed by atoms with Crippen LogP contribution >= 0.6 is 0 Å². The molecule has 11 aromatic rings. The molecule has 0 aliphatic carbocycles. The quantitative estimate of drug-likeness (QED) is 0.164. The van der Waals surface area contributed by atoms with Crippen molar-refractivity contribution in [3.8, 4) is 16.8 Å². The molecule has 0 spiro atoms. The number of rotatable bonds is 5. The van der Waals surface area contributed by atoms with E-state index in [-0.39, 0.29) is 0 Å². The number of aromatic nitrogens is 1. The summed E-state index contributed by atoms with van der Waals surface area (Å²) in [4.78, 5) is 2.43. The van der Waals surface area contributed by atoms with E-state index >= 15 is 0 Å². The molecule has 0 saturated heterocycles. The second kappa shape index (κ2) is 12.2. The monoisotopic (exact) mass is 686 g/mol. The molecule has 11 rings (SSSR count). The summed E-state index contributed by atoms with van der Waals surface area (Å²) in [5.41, 5.74) is 9.29. The fraction of sp³-hybridized carbons (Fsp3) is 0. The van der Waals surface area contributed by atoms with Gasteiger partial charge in [-0.1, -0.05) is 140 Å². The van der Waals surface area contributed by atoms with Crippen molar-refractivity contribution in [2.24, 2.45) is 0 Å². The van der Waals surface area contributed by atoms with Crippen molar-refractivity contribution in [2.75, 3.05) is 4.90 Å². The number of hydrogen-bond acceptors (Lipinski definition) is 1. The normalized spacial score (nSPS) is 11.7. The summed E-state index contributed by atoms with van der Waals surface area (Å²) in [6.07, 6.45) is 0. The summed E-state index contributed by atoms with van der Waals surface area (Å²) < 4.78 is 2.41. The lowest BCUT2D eigenvalue weighted by Crippen LogP contribution is -2.11. The fourth-order valence-electron chi connectivity index (χ4n) is 8.52. The van der Waals surface area contributed by atoms with Gasteiger partial charge in [0.05, 0.1) is 16.7 Å². The molecular weight excluding hydrogens is 653 g/mol. The first kappa shape index (κ1) is 30.5. The largest absolute Gasteiger partial charge is 0.310 e. The van der Waals surface area contributed by atoms with Gasteiger partial charge in [-0.15, -0.1) is 0 Å². The summed E-state index contributed by atoms with van der Waals surface area (Å²) >= 11 is 0. The van der Waals surface area contributed by atoms with Gasteiger partial charge in [-0.3, -0.25) is 0 Å². The lowest BCUT2D eigenvalue weighted by atomic mass is 9.98. The van der Waals surface area contributed by atoms with Gasteiger partial charge in [0.15, 0.2) is 0 Å². The third-order valence-corrected chi connectivity index (χ3v) is 11.1. The highest BCUT2D eigenvalue weighted by Crippen LogP contribution is 2.44. The van der Waals surface area contributed by atoms with Gasteiger partial charge in [0.1, 0.15) is 0 Å². The number of anilines is 3. The van der Waals surface area contributed by atoms with Crippen molar-refractivity contribution < 1.29 is 0 Å². The van der Waals surface area contributed by atoms with E-state index in [2.05, 4.69) is 216 Å². The molecule has 0 unspecified atom stereocenters. The summed E-state index contributed by atoms with van der Waals surface area (Å²) in [5.74, 6) is 0. The Labute approximate surface area is 313 Å². The minimum absolute atomic E-state index is 1.10. The molecule has 0 radical (unpaired) electrons. The van der Waals surface area contributed by atoms with Crippen LogP contribution in [0.4, 0.5) is 17.1 Å². The maximum absolute atomic E-state index is 2.43. The van der Waals surface area contributed by atoms with Gasteiger partial charge in [-0.2, -0.15) is 0 Å². The Kier molecular flexibility index (Phi) is 6.90. The SMILES string of the molecule is c1cc(-c2ccc3ccccc3c2)cc(N(c2ccc(-n3c4ccccc4c4cc5ccccc5cc43)cc2)c2cc3ccccc3c3ccccc23)c1. The molecule has 252 valence electrons. The van der Waals surface area contributed by atoms with Gasteiger partial charge in [-0.25, -0.2) is 0 Å². The van der Waals surface area contributed by atoms with E-state index in [0.29, 0.717) is 0 Å². The standard InChI is InChI=1S/C52H34N2/c1-2-13-36-30-40(25-24-35(36)12-1)37-17-11-18-44(31-37)53(51-34-41-16-5-6-19-45(41)46-20-7-8-21-47(46)51)42-26-28-43(29-27-42)54-50-23-10-9-22-48(50)49-32-38-14-3-4-15-39(38)33-52(49)54/h1-34H. The van der Waals surface area contributed by atoms with Crippen molar-refractivity contribution >= 4 is 82.0 Å². The lowest BCUT2D eigenvalue weighted by Gasteiger charge is -2.28. The number of nitrogens with zero attached hydrogens (tertiary/aromatic N) is 2. The van der Waals surface area contributed by atoms with E-state index in [0.717, 1.165) is 22.7 Å². The van der Waals surface area contributed by atoms with E-state index in [1.165, 1.54) is 76.0 Å². The smallest absolute Gasteiger partial charge is 0.0547 e. The van der Waals surface area contributed by atoms with Crippen molar-refractivity contribution in [1.29, 1.82) is 0 Å². The number of fused-ring (bicyclic) bond motifs is 8. The van der Waals surface area contributed by atoms with Crippen molar-refractivity contribution in [3.05, 3.63) is 206 Å². The number of hydrogen-bond donors (Lipinski definition) is 0. The van der Waals surface area contributed by atoms with Gasteiger partial charge in [-0.05, 0) is 116 Å². The minimum atomic E-state index is 1.10. The molecule has 10 aromatic carbocycles. The maximum atomic E-state index is 2.43. The van der Waals surface area contributed by atoms with Crippen LogP contribution in [0.3, 0.4) is 0 Å². The Bertz CT molecular complexity index is 3220. The molecule has 2 heteroatoms. The van der Waals surface area contributed by atoms with Gasteiger partial charge in [0, 0.05) is 33.2 Å². The summed E-state index contributed by atoms with van der Waals surface area (Å²) in [5, 5.41) is 12.5. The van der Waals surface area contributed by atoms with Crippen molar-refractivity contribution in [2.45, 2.75) is 0 Å². The molecule has 0 atom stereocenters. The van der Waals surface area contributed by atoms with E-state index in [9.17, 15) is 0 Å². The van der Waals surface area contributed by atoms with E-state index in [1.807, 2.05) is 0 Å². The molecule has 0 fully saturated rings. The van der Waals surface area contributed by atoms with Gasteiger partial charge in [0.25, 0.3) is 0 Å². The molecular formula is C52H34N2. The molecule has 1 aromatic heterocycles. The molecule has 0 saturated carbocycles. The number of benzene rings is 10. The highest BCUT2D eigenvalue weighted by molar-refractivity contribution is 6.15. The Morgan fingerprint density at radius 2 is 0.907 bits per heavy atom. The average Bonchev–Trinajstić information content (AvgIpc) is 3.56. The van der Waals surface area contributed by atoms with Crippen LogP contribution in [0.5, 0.6) is 0 Å². The van der Waals surface area contributed by atoms with Crippen LogP contribution in [0.2, 0.25) is 0 Å². The zero-order chi connectivity index (χ0) is 35.6. The first-order valence-electron chi connectivity index (χ1n) is 18.6. The first-order chi connectivity index (χ1) is 26.8. The van der Waals surface area contributed by atoms with Gasteiger partial charge in [0.2, 0.25) is 0 Å². The van der Waals surface area contributed by atoms with Crippen molar-refractivity contribution in [3.63, 3.8) is 0 Å². The Hall–Kier alpha value is -7.16. The molecule has 2 nitrogen and oxygen atoms in total. The van der Waals surface area contributed by atoms with Crippen LogP contribution in [0.25, 0.3) is 81.7 Å². The molecule has 0 amide bonds. The summed E-state index contributed by atoms with van der Waals surface area (Å²) in [7, 11) is 0. The van der Waals surface area contributed by atoms with E-state index in [4.69, 9.17) is 0 Å². The second-order valence-electron chi connectivity index (χ2n) is 14.2. The number of para-hydroxylation sites is 1. The van der Waals surface area contributed by atoms with Crippen LogP contribution in [-0.2, 0) is 0 Å². The predicted molar refractivity (Wildman–Crippen MR) is 231 cm³/mol. The Balaban J connectivity index is 1.12. The average molecular weight is 687 g/mol. The highest BCUT2D eigenvalue weighted by atomic mass is 15.1. The first-order valence-corrected chi connectivity index (χ1v) is 18.6. The van der Waals surface area contributed by atoms with Gasteiger partial charge >= 0.3 is 0 Å². The Morgan fingerprint density at radius 3 is 1.70 bits per heavy atom. The second-order valence-corrected chi connectivity index (χ2v) is 14.2. The predicted octanol–water partition coefficient (Wildman–Crippen LogP) is 14.5. The minimum Gasteiger partial charge on any atom is -0.310 e. The van der Waals surface area contributed by atoms with Crippen LogP contribution in [0.1, 0.15) is 0 Å². The molecule has 1 heterocycles. The molecule has 0 bridgehead atoms. The topological polar surface area (TPSA) is 8.17 Å². The van der Waals surface area contributed by atoms with Crippen LogP contribution in [-0.4, -0.2) is 4.57 Å². The third-order valence-electron chi connectivity index (χ3n) is 11.1. The Morgan fingerprint density at radius 1 is 0.296 bits per heavy atom. The van der Waals surface area contributed by atoms with E-state index in [1.54, 1.807) is 0 Å². The third kappa shape index (κ3) is 4.88.